The van der Waals surface area contributed by atoms with E-state index in [4.69, 9.17) is 5.73 Å². The molecule has 6 heteroatoms. The van der Waals surface area contributed by atoms with Crippen LogP contribution in [0.25, 0.3) is 11.3 Å². The fourth-order valence-electron chi connectivity index (χ4n) is 1.40. The molecule has 0 radical (unpaired) electrons. The molecule has 2 rings (SSSR count). The first kappa shape index (κ1) is 10.4. The summed E-state index contributed by atoms with van der Waals surface area (Å²) < 4.78 is 0. The number of aromatic amines is 1. The lowest BCUT2D eigenvalue weighted by atomic mass is 10.2. The normalized spacial score (nSPS) is 10.7. The monoisotopic (exact) mass is 218 g/mol. The van der Waals surface area contributed by atoms with Crippen LogP contribution in [0.1, 0.15) is 13.8 Å². The summed E-state index contributed by atoms with van der Waals surface area (Å²) in [6.07, 6.45) is 3.34. The highest BCUT2D eigenvalue weighted by Crippen LogP contribution is 2.24. The molecule has 0 saturated carbocycles. The maximum absolute atomic E-state index is 5.54. The number of aromatic nitrogens is 4. The van der Waals surface area contributed by atoms with Crippen molar-refractivity contribution < 1.29 is 0 Å². The molecule has 0 saturated heterocycles. The second kappa shape index (κ2) is 4.18. The molecule has 2 heterocycles. The van der Waals surface area contributed by atoms with Crippen molar-refractivity contribution in [3.05, 3.63) is 18.5 Å². The van der Waals surface area contributed by atoms with Gasteiger partial charge in [0.2, 0.25) is 5.95 Å². The van der Waals surface area contributed by atoms with Crippen LogP contribution < -0.4 is 11.1 Å². The smallest absolute Gasteiger partial charge is 0.220 e. The van der Waals surface area contributed by atoms with Gasteiger partial charge in [0, 0.05) is 12.2 Å². The van der Waals surface area contributed by atoms with Crippen LogP contribution in [0.5, 0.6) is 0 Å². The number of rotatable bonds is 3. The fraction of sp³-hybridized carbons (Fsp3) is 0.300. The largest absolute Gasteiger partial charge is 0.368 e. The van der Waals surface area contributed by atoms with Crippen molar-refractivity contribution in [3.8, 4) is 11.3 Å². The number of nitrogen functional groups attached to an aromatic ring is 1. The van der Waals surface area contributed by atoms with E-state index in [-0.39, 0.29) is 5.95 Å². The lowest BCUT2D eigenvalue weighted by Crippen LogP contribution is -2.10. The van der Waals surface area contributed by atoms with Crippen molar-refractivity contribution in [2.24, 2.45) is 0 Å². The van der Waals surface area contributed by atoms with Gasteiger partial charge in [-0.1, -0.05) is 0 Å². The Morgan fingerprint density at radius 1 is 1.44 bits per heavy atom. The predicted molar refractivity (Wildman–Crippen MR) is 62.8 cm³/mol. The van der Waals surface area contributed by atoms with Gasteiger partial charge in [0.1, 0.15) is 5.82 Å². The van der Waals surface area contributed by atoms with Gasteiger partial charge in [-0.3, -0.25) is 5.10 Å². The van der Waals surface area contributed by atoms with Crippen LogP contribution in [0, 0.1) is 0 Å². The minimum absolute atomic E-state index is 0.259. The van der Waals surface area contributed by atoms with Crippen molar-refractivity contribution in [1.29, 1.82) is 0 Å². The molecule has 0 atom stereocenters. The molecule has 0 aliphatic rings. The summed E-state index contributed by atoms with van der Waals surface area (Å²) in [5, 5.41) is 10.1. The number of hydrogen-bond acceptors (Lipinski definition) is 5. The third-order valence-corrected chi connectivity index (χ3v) is 2.02. The Kier molecular flexibility index (Phi) is 2.72. The molecule has 4 N–H and O–H groups in total. The number of H-pyrrole nitrogens is 1. The van der Waals surface area contributed by atoms with Gasteiger partial charge in [-0.15, -0.1) is 0 Å². The van der Waals surface area contributed by atoms with E-state index in [1.54, 1.807) is 18.5 Å². The van der Waals surface area contributed by atoms with Crippen LogP contribution in [0.2, 0.25) is 0 Å². The molecule has 0 aliphatic heterocycles. The Labute approximate surface area is 93.3 Å². The van der Waals surface area contributed by atoms with E-state index in [1.807, 2.05) is 0 Å². The Morgan fingerprint density at radius 3 is 2.94 bits per heavy atom. The summed E-state index contributed by atoms with van der Waals surface area (Å²) in [7, 11) is 0. The standard InChI is InChI=1S/C10H14N6/c1-6(2)14-9-7(5-13-16-9)8-3-4-12-10(11)15-8/h3-6H,1-2H3,(H2,11,12,15)(H2,13,14,16). The van der Waals surface area contributed by atoms with E-state index < -0.39 is 0 Å². The van der Waals surface area contributed by atoms with Crippen molar-refractivity contribution in [2.75, 3.05) is 11.1 Å². The van der Waals surface area contributed by atoms with Crippen LogP contribution in [-0.2, 0) is 0 Å². The predicted octanol–water partition coefficient (Wildman–Crippen LogP) is 1.27. The number of hydrogen-bond donors (Lipinski definition) is 3. The molecule has 6 nitrogen and oxygen atoms in total. The Balaban J connectivity index is 2.37. The van der Waals surface area contributed by atoms with Gasteiger partial charge in [0.25, 0.3) is 0 Å². The van der Waals surface area contributed by atoms with E-state index in [0.29, 0.717) is 6.04 Å². The molecular formula is C10H14N6. The highest BCUT2D eigenvalue weighted by atomic mass is 15.2. The van der Waals surface area contributed by atoms with Gasteiger partial charge in [-0.2, -0.15) is 5.10 Å². The van der Waals surface area contributed by atoms with Crippen LogP contribution in [0.3, 0.4) is 0 Å². The van der Waals surface area contributed by atoms with Crippen LogP contribution in [0.4, 0.5) is 11.8 Å². The fourth-order valence-corrected chi connectivity index (χ4v) is 1.40. The van der Waals surface area contributed by atoms with Gasteiger partial charge in [-0.05, 0) is 19.9 Å². The summed E-state index contributed by atoms with van der Waals surface area (Å²) in [5.74, 6) is 1.10. The highest BCUT2D eigenvalue weighted by Gasteiger charge is 2.09. The molecule has 0 aliphatic carbocycles. The van der Waals surface area contributed by atoms with E-state index in [9.17, 15) is 0 Å². The molecule has 2 aromatic heterocycles. The Morgan fingerprint density at radius 2 is 2.25 bits per heavy atom. The van der Waals surface area contributed by atoms with Crippen LogP contribution in [-0.4, -0.2) is 26.2 Å². The van der Waals surface area contributed by atoms with E-state index in [2.05, 4.69) is 39.3 Å². The zero-order valence-electron chi connectivity index (χ0n) is 9.23. The van der Waals surface area contributed by atoms with Crippen LogP contribution >= 0.6 is 0 Å². The number of nitrogens with one attached hydrogen (secondary N) is 2. The molecule has 0 bridgehead atoms. The van der Waals surface area contributed by atoms with Crippen molar-refractivity contribution in [3.63, 3.8) is 0 Å². The summed E-state index contributed by atoms with van der Waals surface area (Å²) in [6.45, 7) is 4.11. The third kappa shape index (κ3) is 2.10. The van der Waals surface area contributed by atoms with Crippen LogP contribution in [0.15, 0.2) is 18.5 Å². The zero-order valence-corrected chi connectivity index (χ0v) is 9.23. The lowest BCUT2D eigenvalue weighted by molar-refractivity contribution is 0.884. The van der Waals surface area contributed by atoms with Gasteiger partial charge < -0.3 is 11.1 Å². The van der Waals surface area contributed by atoms with E-state index >= 15 is 0 Å². The molecule has 2 aromatic rings. The zero-order chi connectivity index (χ0) is 11.5. The van der Waals surface area contributed by atoms with E-state index in [1.165, 1.54) is 0 Å². The summed E-state index contributed by atoms with van der Waals surface area (Å²) >= 11 is 0. The van der Waals surface area contributed by atoms with E-state index in [0.717, 1.165) is 17.1 Å². The first-order valence-electron chi connectivity index (χ1n) is 5.05. The lowest BCUT2D eigenvalue weighted by Gasteiger charge is -2.09. The molecule has 0 amide bonds. The number of nitrogens with two attached hydrogens (primary N) is 1. The second-order valence-corrected chi connectivity index (χ2v) is 3.76. The Bertz CT molecular complexity index is 476. The average Bonchev–Trinajstić information content (AvgIpc) is 2.65. The SMILES string of the molecule is CC(C)Nc1[nH]ncc1-c1ccnc(N)n1. The summed E-state index contributed by atoms with van der Waals surface area (Å²) in [5.41, 5.74) is 7.19. The van der Waals surface area contributed by atoms with Gasteiger partial charge in [-0.25, -0.2) is 9.97 Å². The number of anilines is 2. The molecule has 0 aromatic carbocycles. The summed E-state index contributed by atoms with van der Waals surface area (Å²) in [6, 6.07) is 2.12. The summed E-state index contributed by atoms with van der Waals surface area (Å²) in [4.78, 5) is 8.01. The average molecular weight is 218 g/mol. The van der Waals surface area contributed by atoms with Crippen molar-refractivity contribution >= 4 is 11.8 Å². The third-order valence-electron chi connectivity index (χ3n) is 2.02. The molecular weight excluding hydrogens is 204 g/mol. The molecule has 0 spiro atoms. The molecule has 0 unspecified atom stereocenters. The van der Waals surface area contributed by atoms with Gasteiger partial charge >= 0.3 is 0 Å². The van der Waals surface area contributed by atoms with Gasteiger partial charge in [0.15, 0.2) is 0 Å². The topological polar surface area (TPSA) is 92.5 Å². The minimum Gasteiger partial charge on any atom is -0.368 e. The molecule has 0 fully saturated rings. The minimum atomic E-state index is 0.259. The molecule has 16 heavy (non-hydrogen) atoms. The van der Waals surface area contributed by atoms with Crippen molar-refractivity contribution in [2.45, 2.75) is 19.9 Å². The maximum Gasteiger partial charge on any atom is 0.220 e. The van der Waals surface area contributed by atoms with Gasteiger partial charge in [0.05, 0.1) is 17.5 Å². The van der Waals surface area contributed by atoms with Crippen molar-refractivity contribution in [1.82, 2.24) is 20.2 Å². The highest BCUT2D eigenvalue weighted by molar-refractivity contribution is 5.72. The first-order valence-corrected chi connectivity index (χ1v) is 5.05. The Hall–Kier alpha value is -2.11. The molecule has 84 valence electrons. The second-order valence-electron chi connectivity index (χ2n) is 3.76. The first-order chi connectivity index (χ1) is 7.66. The maximum atomic E-state index is 5.54. The quantitative estimate of drug-likeness (QED) is 0.721. The number of nitrogens with zero attached hydrogens (tertiary/aromatic N) is 3.